The summed E-state index contributed by atoms with van der Waals surface area (Å²) in [4.78, 5) is 4.22. The van der Waals surface area contributed by atoms with E-state index in [4.69, 9.17) is 5.26 Å². The number of hydrogen-bond acceptors (Lipinski definition) is 3. The Morgan fingerprint density at radius 1 is 1.40 bits per heavy atom. The van der Waals surface area contributed by atoms with E-state index >= 15 is 0 Å². The van der Waals surface area contributed by atoms with E-state index in [9.17, 15) is 5.11 Å². The molecule has 1 aromatic carbocycles. The van der Waals surface area contributed by atoms with Gasteiger partial charge in [-0.2, -0.15) is 0 Å². The van der Waals surface area contributed by atoms with Gasteiger partial charge in [-0.05, 0) is 31.9 Å². The van der Waals surface area contributed by atoms with Gasteiger partial charge >= 0.3 is 0 Å². The van der Waals surface area contributed by atoms with Gasteiger partial charge in [0, 0.05) is 6.42 Å². The summed E-state index contributed by atoms with van der Waals surface area (Å²) in [5.41, 5.74) is 1.07. The molecule has 0 fully saturated rings. The second-order valence-electron chi connectivity index (χ2n) is 4.38. The van der Waals surface area contributed by atoms with Crippen LogP contribution in [0.5, 0.6) is 0 Å². The summed E-state index contributed by atoms with van der Waals surface area (Å²) in [6.45, 7) is 5.28. The SMILES string of the molecule is CC(Cc1cccc(C(C)(C)O)c1)OO. The van der Waals surface area contributed by atoms with Crippen molar-refractivity contribution in [2.24, 2.45) is 0 Å². The first-order valence-electron chi connectivity index (χ1n) is 5.05. The van der Waals surface area contributed by atoms with Crippen LogP contribution in [-0.2, 0) is 16.9 Å². The third kappa shape index (κ3) is 3.63. The van der Waals surface area contributed by atoms with Gasteiger partial charge in [-0.25, -0.2) is 4.89 Å². The standard InChI is InChI=1S/C12H18O3/c1-9(15-14)7-10-5-4-6-11(8-10)12(2,3)13/h4-6,8-9,13-14H,7H2,1-3H3. The van der Waals surface area contributed by atoms with Crippen LogP contribution < -0.4 is 0 Å². The fraction of sp³-hybridized carbons (Fsp3) is 0.500. The molecule has 0 aromatic heterocycles. The van der Waals surface area contributed by atoms with E-state index < -0.39 is 5.60 Å². The highest BCUT2D eigenvalue weighted by Gasteiger charge is 2.16. The zero-order valence-corrected chi connectivity index (χ0v) is 9.40. The van der Waals surface area contributed by atoms with E-state index in [1.54, 1.807) is 20.8 Å². The number of rotatable bonds is 4. The van der Waals surface area contributed by atoms with Crippen LogP contribution in [0.15, 0.2) is 24.3 Å². The molecule has 1 rings (SSSR count). The predicted molar refractivity (Wildman–Crippen MR) is 58.6 cm³/mol. The molecular weight excluding hydrogens is 192 g/mol. The van der Waals surface area contributed by atoms with Gasteiger partial charge in [0.2, 0.25) is 0 Å². The lowest BCUT2D eigenvalue weighted by molar-refractivity contribution is -0.273. The van der Waals surface area contributed by atoms with E-state index in [0.717, 1.165) is 11.1 Å². The first-order chi connectivity index (χ1) is 6.93. The zero-order chi connectivity index (χ0) is 11.5. The minimum atomic E-state index is -0.834. The second kappa shape index (κ2) is 4.75. The maximum Gasteiger partial charge on any atom is 0.0939 e. The monoisotopic (exact) mass is 210 g/mol. The van der Waals surface area contributed by atoms with Crippen LogP contribution in [0.4, 0.5) is 0 Å². The molecule has 15 heavy (non-hydrogen) atoms. The van der Waals surface area contributed by atoms with E-state index in [2.05, 4.69) is 4.89 Å². The molecule has 2 N–H and O–H groups in total. The van der Waals surface area contributed by atoms with Gasteiger partial charge in [0.05, 0.1) is 11.7 Å². The lowest BCUT2D eigenvalue weighted by Gasteiger charge is -2.19. The van der Waals surface area contributed by atoms with Gasteiger partial charge in [0.1, 0.15) is 0 Å². The van der Waals surface area contributed by atoms with Crippen molar-refractivity contribution in [1.29, 1.82) is 0 Å². The molecule has 0 radical (unpaired) electrons. The summed E-state index contributed by atoms with van der Waals surface area (Å²) in [6.07, 6.45) is 0.391. The fourth-order valence-corrected chi connectivity index (χ4v) is 1.45. The van der Waals surface area contributed by atoms with Crippen LogP contribution >= 0.6 is 0 Å². The first kappa shape index (κ1) is 12.2. The van der Waals surface area contributed by atoms with E-state index in [-0.39, 0.29) is 6.10 Å². The van der Waals surface area contributed by atoms with Crippen LogP contribution in [0.2, 0.25) is 0 Å². The van der Waals surface area contributed by atoms with Gasteiger partial charge in [0.25, 0.3) is 0 Å². The normalized spacial score (nSPS) is 13.9. The molecule has 0 bridgehead atoms. The first-order valence-corrected chi connectivity index (χ1v) is 5.05. The summed E-state index contributed by atoms with van der Waals surface area (Å²) in [5, 5.41) is 18.3. The maximum absolute atomic E-state index is 9.82. The van der Waals surface area contributed by atoms with Crippen molar-refractivity contribution < 1.29 is 15.3 Å². The van der Waals surface area contributed by atoms with Crippen LogP contribution in [0.1, 0.15) is 31.9 Å². The molecular formula is C12H18O3. The molecule has 0 aliphatic rings. The van der Waals surface area contributed by atoms with Crippen molar-refractivity contribution in [2.45, 2.75) is 38.9 Å². The van der Waals surface area contributed by atoms with Crippen molar-refractivity contribution in [1.82, 2.24) is 0 Å². The maximum atomic E-state index is 9.82. The topological polar surface area (TPSA) is 49.7 Å². The minimum Gasteiger partial charge on any atom is -0.386 e. The van der Waals surface area contributed by atoms with Gasteiger partial charge in [-0.3, -0.25) is 5.26 Å². The molecule has 0 spiro atoms. The highest BCUT2D eigenvalue weighted by Crippen LogP contribution is 2.21. The van der Waals surface area contributed by atoms with Crippen LogP contribution in [-0.4, -0.2) is 16.5 Å². The van der Waals surface area contributed by atoms with Crippen molar-refractivity contribution in [3.05, 3.63) is 35.4 Å². The highest BCUT2D eigenvalue weighted by molar-refractivity contribution is 5.27. The average Bonchev–Trinajstić information content (AvgIpc) is 2.17. The quantitative estimate of drug-likeness (QED) is 0.592. The zero-order valence-electron chi connectivity index (χ0n) is 9.40. The Bertz CT molecular complexity index is 315. The Morgan fingerprint density at radius 3 is 2.60 bits per heavy atom. The molecule has 1 atom stereocenters. The van der Waals surface area contributed by atoms with Gasteiger partial charge in [-0.1, -0.05) is 24.3 Å². The van der Waals surface area contributed by atoms with Crippen molar-refractivity contribution >= 4 is 0 Å². The highest BCUT2D eigenvalue weighted by atomic mass is 17.1. The summed E-state index contributed by atoms with van der Waals surface area (Å²) >= 11 is 0. The molecule has 1 aromatic rings. The third-order valence-electron chi connectivity index (χ3n) is 2.34. The van der Waals surface area contributed by atoms with Gasteiger partial charge in [-0.15, -0.1) is 0 Å². The third-order valence-corrected chi connectivity index (χ3v) is 2.34. The smallest absolute Gasteiger partial charge is 0.0939 e. The Labute approximate surface area is 90.3 Å². The summed E-state index contributed by atoms with van der Waals surface area (Å²) in [5.74, 6) is 0. The molecule has 0 aliphatic carbocycles. The molecule has 1 unspecified atom stereocenters. The molecule has 84 valence electrons. The number of hydrogen-bond donors (Lipinski definition) is 2. The second-order valence-corrected chi connectivity index (χ2v) is 4.38. The molecule has 3 heteroatoms. The van der Waals surface area contributed by atoms with Crippen LogP contribution in [0, 0.1) is 0 Å². The lowest BCUT2D eigenvalue weighted by atomic mass is 9.95. The average molecular weight is 210 g/mol. The summed E-state index contributed by atoms with van der Waals surface area (Å²) in [7, 11) is 0. The van der Waals surface area contributed by atoms with E-state index in [1.165, 1.54) is 0 Å². The lowest BCUT2D eigenvalue weighted by Crippen LogP contribution is -2.16. The number of benzene rings is 1. The molecule has 0 aliphatic heterocycles. The number of aliphatic hydroxyl groups is 1. The fourth-order valence-electron chi connectivity index (χ4n) is 1.45. The van der Waals surface area contributed by atoms with E-state index in [1.807, 2.05) is 24.3 Å². The summed E-state index contributed by atoms with van der Waals surface area (Å²) < 4.78 is 0. The Balaban J connectivity index is 2.84. The predicted octanol–water partition coefficient (Wildman–Crippen LogP) is 2.33. The summed E-state index contributed by atoms with van der Waals surface area (Å²) in [6, 6.07) is 7.65. The minimum absolute atomic E-state index is 0.234. The molecule has 0 saturated carbocycles. The largest absolute Gasteiger partial charge is 0.386 e. The molecule has 0 amide bonds. The molecule has 3 nitrogen and oxygen atoms in total. The Kier molecular flexibility index (Phi) is 3.85. The van der Waals surface area contributed by atoms with Crippen molar-refractivity contribution in [3.8, 4) is 0 Å². The van der Waals surface area contributed by atoms with Crippen LogP contribution in [0.3, 0.4) is 0 Å². The van der Waals surface area contributed by atoms with Gasteiger partial charge in [0.15, 0.2) is 0 Å². The van der Waals surface area contributed by atoms with Crippen LogP contribution in [0.25, 0.3) is 0 Å². The molecule has 0 saturated heterocycles. The Hall–Kier alpha value is -0.900. The van der Waals surface area contributed by atoms with Crippen molar-refractivity contribution in [3.63, 3.8) is 0 Å². The Morgan fingerprint density at radius 2 is 2.07 bits per heavy atom. The molecule has 0 heterocycles. The van der Waals surface area contributed by atoms with E-state index in [0.29, 0.717) is 6.42 Å². The van der Waals surface area contributed by atoms with Gasteiger partial charge < -0.3 is 5.11 Å². The van der Waals surface area contributed by atoms with Crippen molar-refractivity contribution in [2.75, 3.05) is 0 Å².